The van der Waals surface area contributed by atoms with Crippen molar-refractivity contribution in [2.24, 2.45) is 34.5 Å². The van der Waals surface area contributed by atoms with Gasteiger partial charge in [-0.2, -0.15) is 0 Å². The number of nitrogens with zero attached hydrogens (tertiary/aromatic N) is 4. The number of ether oxygens (including phenoxy) is 2. The average Bonchev–Trinajstić information content (AvgIpc) is 3.85. The molecule has 14 rings (SSSR count). The SMILES string of the molecule is CC(C)(C)OC(=O)N1[C@H](c2nc3ccc(-c4ccc5cc(-c6ccc7nc([C@@H]8C9[C@@H]%10[C@H](N8C(=O)OC(C)(C)C)[C@]9%10C)[nH]c7c6)ccc5c4)cc3[nH]2)C2[C@@H]3[C@H]1[C@]23C. The van der Waals surface area contributed by atoms with Crippen LogP contribution in [0.4, 0.5) is 9.59 Å². The molecule has 4 bridgehead atoms. The van der Waals surface area contributed by atoms with Gasteiger partial charge in [0.2, 0.25) is 0 Å². The standard InChI is InChI=1S/C46H46N6O4/c1-43(2,3)55-41(53)51-35(31-33-37(51)45(31,33)7)39-47-27-15-13-25(19-29(27)49-39)23-11-9-22-18-24(12-10-21(22)17-23)26-14-16-28-30(20-26)50-40(48-28)36-32-34-38(46(32,34)8)52(36)42(54)56-44(4,5)6/h9-20,31-38H,1-8H3,(H,47,49)(H,48,50)/t31?,32?,33-,34-,35+,36+,37+,38+,45-,46-/m1/s1. The quantitative estimate of drug-likeness (QED) is 0.186. The molecule has 2 aromatic heterocycles. The molecule has 284 valence electrons. The van der Waals surface area contributed by atoms with E-state index in [1.54, 1.807) is 0 Å². The molecule has 6 aromatic rings. The van der Waals surface area contributed by atoms with Gasteiger partial charge in [0.05, 0.1) is 34.2 Å². The van der Waals surface area contributed by atoms with Crippen LogP contribution in [0.15, 0.2) is 72.8 Å². The molecule has 2 amide bonds. The van der Waals surface area contributed by atoms with Crippen molar-refractivity contribution in [1.82, 2.24) is 29.7 Å². The van der Waals surface area contributed by atoms with Crippen LogP contribution < -0.4 is 0 Å². The number of amides is 2. The zero-order chi connectivity index (χ0) is 38.6. The normalized spacial score (nSPS) is 32.9. The van der Waals surface area contributed by atoms with E-state index in [4.69, 9.17) is 19.4 Å². The van der Waals surface area contributed by atoms with Crippen molar-refractivity contribution in [1.29, 1.82) is 0 Å². The molecule has 4 aliphatic heterocycles. The van der Waals surface area contributed by atoms with E-state index in [1.807, 2.05) is 51.3 Å². The minimum atomic E-state index is -0.543. The van der Waals surface area contributed by atoms with Crippen molar-refractivity contribution < 1.29 is 19.1 Å². The van der Waals surface area contributed by atoms with Crippen LogP contribution >= 0.6 is 0 Å². The largest absolute Gasteiger partial charge is 0.444 e. The molecule has 10 atom stereocenters. The van der Waals surface area contributed by atoms with E-state index < -0.39 is 11.2 Å². The molecule has 2 unspecified atom stereocenters. The van der Waals surface area contributed by atoms with Crippen molar-refractivity contribution in [3.63, 3.8) is 0 Å². The molecule has 4 saturated carbocycles. The van der Waals surface area contributed by atoms with Gasteiger partial charge in [0.25, 0.3) is 0 Å². The Kier molecular flexibility index (Phi) is 5.83. The van der Waals surface area contributed by atoms with Crippen LogP contribution in [0, 0.1) is 34.5 Å². The van der Waals surface area contributed by atoms with E-state index in [1.165, 1.54) is 0 Å². The second-order valence-corrected chi connectivity index (χ2v) is 19.9. The lowest BCUT2D eigenvalue weighted by molar-refractivity contribution is 0.0192. The lowest BCUT2D eigenvalue weighted by atomic mass is 9.97. The van der Waals surface area contributed by atoms with Gasteiger partial charge in [0.1, 0.15) is 22.9 Å². The van der Waals surface area contributed by atoms with Crippen molar-refractivity contribution in [2.75, 3.05) is 0 Å². The summed E-state index contributed by atoms with van der Waals surface area (Å²) in [4.78, 5) is 47.8. The molecule has 8 fully saturated rings. The molecule has 56 heavy (non-hydrogen) atoms. The van der Waals surface area contributed by atoms with Crippen LogP contribution in [-0.4, -0.2) is 65.2 Å². The summed E-state index contributed by atoms with van der Waals surface area (Å²) in [6.45, 7) is 16.1. The van der Waals surface area contributed by atoms with E-state index >= 15 is 0 Å². The predicted octanol–water partition coefficient (Wildman–Crippen LogP) is 9.78. The Morgan fingerprint density at radius 3 is 1.30 bits per heavy atom. The summed E-state index contributed by atoms with van der Waals surface area (Å²) in [5.74, 6) is 3.69. The number of carbonyl (C=O) groups excluding carboxylic acids is 2. The highest BCUT2D eigenvalue weighted by atomic mass is 16.6. The number of fused-ring (bicyclic) bond motifs is 5. The summed E-state index contributed by atoms with van der Waals surface area (Å²) in [5, 5.41) is 2.32. The van der Waals surface area contributed by atoms with Gasteiger partial charge in [-0.15, -0.1) is 0 Å². The monoisotopic (exact) mass is 746 g/mol. The Labute approximate surface area is 325 Å². The number of H-pyrrole nitrogens is 2. The van der Waals surface area contributed by atoms with E-state index in [0.717, 1.165) is 66.7 Å². The fraction of sp³-hybridized carbons (Fsp3) is 0.435. The van der Waals surface area contributed by atoms with Crippen LogP contribution in [0.2, 0.25) is 0 Å². The van der Waals surface area contributed by atoms with Gasteiger partial charge in [0.15, 0.2) is 0 Å². The Morgan fingerprint density at radius 1 is 0.571 bits per heavy atom. The first-order valence-electron chi connectivity index (χ1n) is 20.1. The highest BCUT2D eigenvalue weighted by molar-refractivity contribution is 5.93. The predicted molar refractivity (Wildman–Crippen MR) is 214 cm³/mol. The van der Waals surface area contributed by atoms with Crippen molar-refractivity contribution in [2.45, 2.75) is 90.8 Å². The number of aromatic amines is 2. The van der Waals surface area contributed by atoms with Gasteiger partial charge in [0, 0.05) is 12.1 Å². The number of aromatic nitrogens is 4. The van der Waals surface area contributed by atoms with E-state index in [-0.39, 0.29) is 47.2 Å². The molecule has 4 saturated heterocycles. The number of hydrogen-bond donors (Lipinski definition) is 2. The van der Waals surface area contributed by atoms with Crippen molar-refractivity contribution in [3.05, 3.63) is 84.4 Å². The van der Waals surface area contributed by atoms with Gasteiger partial charge < -0.3 is 19.4 Å². The first kappa shape index (κ1) is 32.8. The third kappa shape index (κ3) is 4.27. The number of hydrogen-bond acceptors (Lipinski definition) is 6. The molecule has 4 aliphatic carbocycles. The maximum atomic E-state index is 13.3. The number of benzene rings is 4. The van der Waals surface area contributed by atoms with Gasteiger partial charge in [-0.1, -0.05) is 50.2 Å². The topological polar surface area (TPSA) is 116 Å². The van der Waals surface area contributed by atoms with Gasteiger partial charge >= 0.3 is 12.2 Å². The molecule has 10 nitrogen and oxygen atoms in total. The lowest BCUT2D eigenvalue weighted by Crippen LogP contribution is -2.37. The number of nitrogens with one attached hydrogen (secondary N) is 2. The Hall–Kier alpha value is -5.38. The van der Waals surface area contributed by atoms with Crippen LogP contribution in [0.3, 0.4) is 0 Å². The fourth-order valence-electron chi connectivity index (χ4n) is 11.5. The molecular formula is C46H46N6O4. The average molecular weight is 747 g/mol. The summed E-state index contributed by atoms with van der Waals surface area (Å²) in [6, 6.07) is 26.3. The minimum absolute atomic E-state index is 0.0802. The highest BCUT2D eigenvalue weighted by Gasteiger charge is 2.95. The third-order valence-electron chi connectivity index (χ3n) is 14.3. The molecule has 10 heteroatoms. The summed E-state index contributed by atoms with van der Waals surface area (Å²) in [7, 11) is 0. The van der Waals surface area contributed by atoms with Crippen LogP contribution in [0.1, 0.15) is 79.1 Å². The van der Waals surface area contributed by atoms with Crippen molar-refractivity contribution >= 4 is 45.0 Å². The van der Waals surface area contributed by atoms with E-state index in [2.05, 4.69) is 96.6 Å². The Balaban J connectivity index is 0.802. The molecule has 0 radical (unpaired) electrons. The van der Waals surface area contributed by atoms with Gasteiger partial charge in [-0.25, -0.2) is 19.6 Å². The minimum Gasteiger partial charge on any atom is -0.444 e. The van der Waals surface area contributed by atoms with Gasteiger partial charge in [-0.3, -0.25) is 9.80 Å². The summed E-state index contributed by atoms with van der Waals surface area (Å²) >= 11 is 0. The van der Waals surface area contributed by atoms with E-state index in [0.29, 0.717) is 23.7 Å². The summed E-state index contributed by atoms with van der Waals surface area (Å²) in [5.41, 5.74) is 7.54. The second-order valence-electron chi connectivity index (χ2n) is 19.9. The maximum Gasteiger partial charge on any atom is 0.411 e. The second kappa shape index (κ2) is 9.94. The Morgan fingerprint density at radius 2 is 0.929 bits per heavy atom. The van der Waals surface area contributed by atoms with Crippen LogP contribution in [-0.2, 0) is 9.47 Å². The van der Waals surface area contributed by atoms with Crippen LogP contribution in [0.25, 0.3) is 55.1 Å². The van der Waals surface area contributed by atoms with Gasteiger partial charge in [-0.05, 0) is 145 Å². The first-order valence-corrected chi connectivity index (χ1v) is 20.1. The lowest BCUT2D eigenvalue weighted by Gasteiger charge is -2.27. The maximum absolute atomic E-state index is 13.3. The highest BCUT2D eigenvalue weighted by Crippen LogP contribution is 2.91. The number of carbonyl (C=O) groups is 2. The molecule has 4 aromatic carbocycles. The summed E-state index contributed by atoms with van der Waals surface area (Å²) in [6.07, 6.45) is -0.479. The molecule has 2 N–H and O–H groups in total. The first-order chi connectivity index (χ1) is 26.5. The zero-order valence-electron chi connectivity index (χ0n) is 33.0. The number of piperidine rings is 2. The number of rotatable bonds is 4. The summed E-state index contributed by atoms with van der Waals surface area (Å²) < 4.78 is 11.7. The Bertz CT molecular complexity index is 2570. The number of imidazole rings is 2. The molecule has 8 aliphatic rings. The van der Waals surface area contributed by atoms with E-state index in [9.17, 15) is 9.59 Å². The van der Waals surface area contributed by atoms with Crippen LogP contribution in [0.5, 0.6) is 0 Å². The fourth-order valence-corrected chi connectivity index (χ4v) is 11.5. The zero-order valence-corrected chi connectivity index (χ0v) is 33.0. The third-order valence-corrected chi connectivity index (χ3v) is 14.3. The molecule has 0 spiro atoms. The molecular weight excluding hydrogens is 701 g/mol. The van der Waals surface area contributed by atoms with Crippen molar-refractivity contribution in [3.8, 4) is 22.3 Å². The molecule has 6 heterocycles. The smallest absolute Gasteiger partial charge is 0.411 e.